The minimum Gasteiger partial charge on any atom is -0.406 e. The van der Waals surface area contributed by atoms with Crippen molar-refractivity contribution >= 4 is 17.2 Å². The Labute approximate surface area is 191 Å². The van der Waals surface area contributed by atoms with Gasteiger partial charge >= 0.3 is 6.36 Å². The predicted octanol–water partition coefficient (Wildman–Crippen LogP) is 5.22. The number of nitrogens with zero attached hydrogens (tertiary/aromatic N) is 3. The molecule has 1 aromatic carbocycles. The number of halogens is 3. The molecule has 3 heterocycles. The number of ether oxygens (including phenoxy) is 1. The average Bonchev–Trinajstić information content (AvgIpc) is 3.37. The highest BCUT2D eigenvalue weighted by Gasteiger charge is 2.31. The predicted molar refractivity (Wildman–Crippen MR) is 119 cm³/mol. The van der Waals surface area contributed by atoms with Gasteiger partial charge in [-0.05, 0) is 49.4 Å². The number of thiazole rings is 1. The molecular weight excluding hydrogens is 453 g/mol. The van der Waals surface area contributed by atoms with Crippen molar-refractivity contribution in [2.24, 2.45) is 5.73 Å². The maximum Gasteiger partial charge on any atom is 0.573 e. The van der Waals surface area contributed by atoms with E-state index in [-0.39, 0.29) is 5.75 Å². The van der Waals surface area contributed by atoms with Crippen LogP contribution in [0, 0.1) is 6.92 Å². The van der Waals surface area contributed by atoms with Gasteiger partial charge in [-0.25, -0.2) is 4.98 Å². The summed E-state index contributed by atoms with van der Waals surface area (Å²) in [5.41, 5.74) is 9.65. The zero-order valence-electron chi connectivity index (χ0n) is 17.5. The average molecular weight is 472 g/mol. The number of nitrogens with two attached hydrogens (primary N) is 1. The van der Waals surface area contributed by atoms with Crippen LogP contribution in [0.1, 0.15) is 21.7 Å². The van der Waals surface area contributed by atoms with Gasteiger partial charge in [0.1, 0.15) is 10.8 Å². The molecule has 0 saturated heterocycles. The van der Waals surface area contributed by atoms with Gasteiger partial charge < -0.3 is 15.0 Å². The van der Waals surface area contributed by atoms with Crippen molar-refractivity contribution in [2.75, 3.05) is 0 Å². The third kappa shape index (κ3) is 5.23. The van der Waals surface area contributed by atoms with E-state index in [1.54, 1.807) is 12.3 Å². The van der Waals surface area contributed by atoms with Crippen LogP contribution < -0.4 is 10.5 Å². The van der Waals surface area contributed by atoms with Crippen molar-refractivity contribution in [3.8, 4) is 27.7 Å². The monoisotopic (exact) mass is 472 g/mol. The quantitative estimate of drug-likeness (QED) is 0.400. The SMILES string of the molecule is Cc1c(C(N)=O)cc(-c2csc(-c3ccc(OC(F)(F)F)cc3)n2)n1CCc1ccccn1. The number of carbonyl (C=O) groups is 1. The lowest BCUT2D eigenvalue weighted by Crippen LogP contribution is -2.16. The molecule has 10 heteroatoms. The van der Waals surface area contributed by atoms with Crippen LogP contribution in [0.3, 0.4) is 0 Å². The van der Waals surface area contributed by atoms with Crippen LogP contribution in [-0.2, 0) is 13.0 Å². The third-order valence-corrected chi connectivity index (χ3v) is 5.94. The summed E-state index contributed by atoms with van der Waals surface area (Å²) < 4.78 is 43.0. The molecule has 33 heavy (non-hydrogen) atoms. The normalized spacial score (nSPS) is 11.5. The van der Waals surface area contributed by atoms with Crippen molar-refractivity contribution in [1.82, 2.24) is 14.5 Å². The summed E-state index contributed by atoms with van der Waals surface area (Å²) in [6.45, 7) is 2.40. The highest BCUT2D eigenvalue weighted by atomic mass is 32.1. The van der Waals surface area contributed by atoms with Crippen LogP contribution in [0.2, 0.25) is 0 Å². The molecule has 2 N–H and O–H groups in total. The molecule has 0 unspecified atom stereocenters. The highest BCUT2D eigenvalue weighted by Crippen LogP contribution is 2.33. The number of aromatic nitrogens is 3. The molecule has 0 aliphatic heterocycles. The molecule has 0 atom stereocenters. The lowest BCUT2D eigenvalue weighted by atomic mass is 10.2. The Morgan fingerprint density at radius 3 is 2.58 bits per heavy atom. The van der Waals surface area contributed by atoms with Gasteiger partial charge in [0.25, 0.3) is 5.91 Å². The largest absolute Gasteiger partial charge is 0.573 e. The van der Waals surface area contributed by atoms with Crippen LogP contribution in [0.5, 0.6) is 5.75 Å². The van der Waals surface area contributed by atoms with Crippen molar-refractivity contribution in [1.29, 1.82) is 0 Å². The number of aryl methyl sites for hydroxylation is 1. The number of hydrogen-bond acceptors (Lipinski definition) is 5. The summed E-state index contributed by atoms with van der Waals surface area (Å²) >= 11 is 1.35. The van der Waals surface area contributed by atoms with Gasteiger partial charge in [0.05, 0.1) is 17.0 Å². The number of benzene rings is 1. The number of carbonyl (C=O) groups excluding carboxylic acids is 1. The number of amides is 1. The lowest BCUT2D eigenvalue weighted by molar-refractivity contribution is -0.274. The van der Waals surface area contributed by atoms with Crippen molar-refractivity contribution in [2.45, 2.75) is 26.3 Å². The minimum absolute atomic E-state index is 0.298. The first-order valence-electron chi connectivity index (χ1n) is 9.93. The Balaban J connectivity index is 1.63. The van der Waals surface area contributed by atoms with Crippen molar-refractivity contribution < 1.29 is 22.7 Å². The van der Waals surface area contributed by atoms with Gasteiger partial charge in [0, 0.05) is 41.5 Å². The molecule has 6 nitrogen and oxygen atoms in total. The molecule has 0 bridgehead atoms. The van der Waals surface area contributed by atoms with E-state index in [1.807, 2.05) is 35.1 Å². The Bertz CT molecular complexity index is 1270. The van der Waals surface area contributed by atoms with Crippen molar-refractivity contribution in [3.63, 3.8) is 0 Å². The van der Waals surface area contributed by atoms with E-state index in [9.17, 15) is 18.0 Å². The Morgan fingerprint density at radius 1 is 1.18 bits per heavy atom. The Hall–Kier alpha value is -3.66. The van der Waals surface area contributed by atoms with Gasteiger partial charge in [-0.1, -0.05) is 6.07 Å². The first-order chi connectivity index (χ1) is 15.7. The fourth-order valence-corrected chi connectivity index (χ4v) is 4.31. The molecule has 0 fully saturated rings. The van der Waals surface area contributed by atoms with Gasteiger partial charge in [-0.3, -0.25) is 9.78 Å². The van der Waals surface area contributed by atoms with E-state index < -0.39 is 12.3 Å². The van der Waals surface area contributed by atoms with Gasteiger partial charge in [-0.15, -0.1) is 24.5 Å². The molecule has 0 aliphatic carbocycles. The Morgan fingerprint density at radius 2 is 1.94 bits per heavy atom. The van der Waals surface area contributed by atoms with E-state index in [2.05, 4.69) is 14.7 Å². The maximum atomic E-state index is 12.4. The van der Waals surface area contributed by atoms with Gasteiger partial charge in [-0.2, -0.15) is 0 Å². The number of pyridine rings is 1. The van der Waals surface area contributed by atoms with Crippen LogP contribution in [0.25, 0.3) is 22.0 Å². The third-order valence-electron chi connectivity index (χ3n) is 5.05. The minimum atomic E-state index is -4.74. The molecular formula is C23H19F3N4O2S. The number of rotatable bonds is 7. The number of primary amides is 1. The second-order valence-electron chi connectivity index (χ2n) is 7.23. The van der Waals surface area contributed by atoms with Gasteiger partial charge in [0.15, 0.2) is 0 Å². The van der Waals surface area contributed by atoms with Gasteiger partial charge in [0.2, 0.25) is 0 Å². The second-order valence-corrected chi connectivity index (χ2v) is 8.08. The summed E-state index contributed by atoms with van der Waals surface area (Å²) in [6.07, 6.45) is -2.36. The summed E-state index contributed by atoms with van der Waals surface area (Å²) in [7, 11) is 0. The number of hydrogen-bond donors (Lipinski definition) is 1. The first-order valence-corrected chi connectivity index (χ1v) is 10.8. The molecule has 1 amide bonds. The second kappa shape index (κ2) is 9.07. The molecule has 0 saturated carbocycles. The molecule has 0 aliphatic rings. The van der Waals surface area contributed by atoms with Crippen molar-refractivity contribution in [3.05, 3.63) is 77.1 Å². The number of alkyl halides is 3. The molecule has 4 aromatic rings. The fourth-order valence-electron chi connectivity index (χ4n) is 3.49. The summed E-state index contributed by atoms with van der Waals surface area (Å²) in [4.78, 5) is 20.9. The maximum absolute atomic E-state index is 12.4. The van der Waals surface area contributed by atoms with E-state index in [1.165, 1.54) is 35.6 Å². The molecule has 3 aromatic heterocycles. The smallest absolute Gasteiger partial charge is 0.406 e. The van der Waals surface area contributed by atoms with Crippen LogP contribution in [0.4, 0.5) is 13.2 Å². The van der Waals surface area contributed by atoms with E-state index in [4.69, 9.17) is 5.73 Å². The Kier molecular flexibility index (Phi) is 6.19. The zero-order chi connectivity index (χ0) is 23.6. The van der Waals surface area contributed by atoms with Crippen LogP contribution in [-0.4, -0.2) is 26.8 Å². The van der Waals surface area contributed by atoms with E-state index in [0.717, 1.165) is 17.1 Å². The topological polar surface area (TPSA) is 83.0 Å². The molecule has 170 valence electrons. The fraction of sp³-hybridized carbons (Fsp3) is 0.174. The van der Waals surface area contributed by atoms with E-state index >= 15 is 0 Å². The van der Waals surface area contributed by atoms with E-state index in [0.29, 0.717) is 34.8 Å². The summed E-state index contributed by atoms with van der Waals surface area (Å²) in [5.74, 6) is -0.825. The van der Waals surface area contributed by atoms with Crippen LogP contribution >= 0.6 is 11.3 Å². The lowest BCUT2D eigenvalue weighted by Gasteiger charge is -2.10. The van der Waals surface area contributed by atoms with Crippen LogP contribution in [0.15, 0.2) is 60.1 Å². The standard InChI is InChI=1S/C23H19F3N4O2S/c1-14-18(21(27)31)12-20(30(14)11-9-16-4-2-3-10-28-16)19-13-33-22(29-19)15-5-7-17(8-6-15)32-23(24,25)26/h2-8,10,12-13H,9,11H2,1H3,(H2,27,31). The summed E-state index contributed by atoms with van der Waals surface area (Å²) in [5, 5.41) is 2.46. The highest BCUT2D eigenvalue weighted by molar-refractivity contribution is 7.13. The molecule has 0 radical (unpaired) electrons. The summed E-state index contributed by atoms with van der Waals surface area (Å²) in [6, 6.07) is 12.9. The molecule has 4 rings (SSSR count). The zero-order valence-corrected chi connectivity index (χ0v) is 18.3. The first kappa shape index (κ1) is 22.5. The molecule has 0 spiro atoms.